The molecule has 98 valence electrons. The molecule has 1 saturated heterocycles. The molecule has 1 aromatic rings. The molecular weight excluding hydrogens is 245 g/mol. The van der Waals surface area contributed by atoms with Gasteiger partial charge in [0.05, 0.1) is 5.56 Å². The van der Waals surface area contributed by atoms with Gasteiger partial charge in [-0.25, -0.2) is 0 Å². The van der Waals surface area contributed by atoms with E-state index >= 15 is 0 Å². The summed E-state index contributed by atoms with van der Waals surface area (Å²) in [6.45, 7) is 1.05. The minimum absolute atomic E-state index is 0.0564. The van der Waals surface area contributed by atoms with Gasteiger partial charge in [0, 0.05) is 30.4 Å². The second-order valence-electron chi connectivity index (χ2n) is 4.38. The summed E-state index contributed by atoms with van der Waals surface area (Å²) in [4.78, 5) is 12.6. The number of alkyl halides is 3. The van der Waals surface area contributed by atoms with Gasteiger partial charge in [-0.05, 0) is 24.6 Å². The van der Waals surface area contributed by atoms with E-state index in [9.17, 15) is 18.0 Å². The topological polar surface area (TPSA) is 46.3 Å². The molecule has 1 fully saturated rings. The largest absolute Gasteiger partial charge is 0.416 e. The Morgan fingerprint density at radius 3 is 2.61 bits per heavy atom. The van der Waals surface area contributed by atoms with Gasteiger partial charge in [0.15, 0.2) is 6.29 Å². The van der Waals surface area contributed by atoms with Crippen molar-refractivity contribution in [2.24, 2.45) is 5.73 Å². The second-order valence-corrected chi connectivity index (χ2v) is 4.38. The molecule has 2 rings (SSSR count). The molecule has 0 unspecified atom stereocenters. The minimum atomic E-state index is -4.40. The molecule has 0 bridgehead atoms. The van der Waals surface area contributed by atoms with Crippen LogP contribution >= 0.6 is 0 Å². The molecule has 0 aromatic heterocycles. The third kappa shape index (κ3) is 2.48. The van der Waals surface area contributed by atoms with Gasteiger partial charge in [0.25, 0.3) is 0 Å². The summed E-state index contributed by atoms with van der Waals surface area (Å²) in [7, 11) is 0. The Morgan fingerprint density at radius 1 is 1.39 bits per heavy atom. The lowest BCUT2D eigenvalue weighted by Gasteiger charge is -2.21. The molecule has 2 N–H and O–H groups in total. The van der Waals surface area contributed by atoms with E-state index in [-0.39, 0.29) is 11.6 Å². The molecule has 3 nitrogen and oxygen atoms in total. The van der Waals surface area contributed by atoms with Crippen molar-refractivity contribution in [2.45, 2.75) is 18.6 Å². The van der Waals surface area contributed by atoms with E-state index in [0.717, 1.165) is 12.1 Å². The summed E-state index contributed by atoms with van der Waals surface area (Å²) >= 11 is 0. The number of benzene rings is 1. The number of halogens is 3. The Labute approximate surface area is 102 Å². The van der Waals surface area contributed by atoms with Gasteiger partial charge in [-0.1, -0.05) is 0 Å². The van der Waals surface area contributed by atoms with E-state index in [2.05, 4.69) is 0 Å². The van der Waals surface area contributed by atoms with Crippen LogP contribution in [0.4, 0.5) is 18.9 Å². The van der Waals surface area contributed by atoms with Crippen molar-refractivity contribution in [2.75, 3.05) is 18.0 Å². The summed E-state index contributed by atoms with van der Waals surface area (Å²) in [5.74, 6) is 0. The Balaban J connectivity index is 2.40. The molecule has 6 heteroatoms. The number of nitrogens with zero attached hydrogens (tertiary/aromatic N) is 1. The van der Waals surface area contributed by atoms with E-state index < -0.39 is 11.7 Å². The van der Waals surface area contributed by atoms with Crippen molar-refractivity contribution >= 4 is 12.0 Å². The molecule has 1 heterocycles. The van der Waals surface area contributed by atoms with E-state index in [1.807, 2.05) is 0 Å². The summed E-state index contributed by atoms with van der Waals surface area (Å²) in [5, 5.41) is 0. The van der Waals surface area contributed by atoms with Crippen LogP contribution < -0.4 is 10.6 Å². The number of hydrogen-bond acceptors (Lipinski definition) is 3. The quantitative estimate of drug-likeness (QED) is 0.826. The van der Waals surface area contributed by atoms with Gasteiger partial charge in [0.1, 0.15) is 0 Å². The smallest absolute Gasteiger partial charge is 0.369 e. The van der Waals surface area contributed by atoms with Crippen LogP contribution in [0.2, 0.25) is 0 Å². The van der Waals surface area contributed by atoms with Crippen LogP contribution in [0.5, 0.6) is 0 Å². The van der Waals surface area contributed by atoms with Gasteiger partial charge < -0.3 is 10.6 Å². The predicted molar refractivity (Wildman–Crippen MR) is 61.6 cm³/mol. The predicted octanol–water partition coefficient (Wildman–Crippen LogP) is 2.06. The number of rotatable bonds is 2. The highest BCUT2D eigenvalue weighted by molar-refractivity contribution is 5.85. The van der Waals surface area contributed by atoms with E-state index in [1.54, 1.807) is 4.90 Å². The van der Waals surface area contributed by atoms with E-state index in [1.165, 1.54) is 6.07 Å². The maximum Gasteiger partial charge on any atom is 0.416 e. The summed E-state index contributed by atoms with van der Waals surface area (Å²) < 4.78 is 37.9. The molecule has 0 spiro atoms. The number of nitrogens with two attached hydrogens (primary N) is 1. The number of carbonyl (C=O) groups excluding carboxylic acids is 1. The number of carbonyl (C=O) groups is 1. The summed E-state index contributed by atoms with van der Waals surface area (Å²) in [6.07, 6.45) is -3.12. The SMILES string of the molecule is N[C@@H]1CCN(c2cc(C(F)(F)F)ccc2C=O)C1. The first-order valence-electron chi connectivity index (χ1n) is 5.59. The molecule has 0 radical (unpaired) electrons. The van der Waals surface area contributed by atoms with Crippen LogP contribution in [0, 0.1) is 0 Å². The number of aldehydes is 1. The number of hydrogen-bond donors (Lipinski definition) is 1. The normalized spacial score (nSPS) is 20.2. The van der Waals surface area contributed by atoms with Crippen LogP contribution in [0.1, 0.15) is 22.3 Å². The van der Waals surface area contributed by atoms with Crippen LogP contribution in [-0.2, 0) is 6.18 Å². The third-order valence-corrected chi connectivity index (χ3v) is 3.05. The van der Waals surface area contributed by atoms with E-state index in [0.29, 0.717) is 31.5 Å². The Kier molecular flexibility index (Phi) is 3.30. The highest BCUT2D eigenvalue weighted by Gasteiger charge is 2.32. The molecule has 0 aliphatic carbocycles. The molecule has 1 aliphatic rings. The second kappa shape index (κ2) is 4.61. The van der Waals surface area contributed by atoms with Crippen molar-refractivity contribution in [3.63, 3.8) is 0 Å². The van der Waals surface area contributed by atoms with Gasteiger partial charge in [-0.15, -0.1) is 0 Å². The molecule has 18 heavy (non-hydrogen) atoms. The highest BCUT2D eigenvalue weighted by Crippen LogP contribution is 2.34. The van der Waals surface area contributed by atoms with Crippen LogP contribution in [-0.4, -0.2) is 25.4 Å². The van der Waals surface area contributed by atoms with Gasteiger partial charge in [0.2, 0.25) is 0 Å². The van der Waals surface area contributed by atoms with Crippen molar-refractivity contribution < 1.29 is 18.0 Å². The minimum Gasteiger partial charge on any atom is -0.369 e. The van der Waals surface area contributed by atoms with Crippen LogP contribution in [0.25, 0.3) is 0 Å². The fourth-order valence-corrected chi connectivity index (χ4v) is 2.10. The van der Waals surface area contributed by atoms with Gasteiger partial charge in [-0.2, -0.15) is 13.2 Å². The van der Waals surface area contributed by atoms with Crippen LogP contribution in [0.3, 0.4) is 0 Å². The average molecular weight is 258 g/mol. The monoisotopic (exact) mass is 258 g/mol. The lowest BCUT2D eigenvalue weighted by Crippen LogP contribution is -2.27. The first kappa shape index (κ1) is 12.9. The fourth-order valence-electron chi connectivity index (χ4n) is 2.10. The third-order valence-electron chi connectivity index (χ3n) is 3.05. The van der Waals surface area contributed by atoms with Crippen LogP contribution in [0.15, 0.2) is 18.2 Å². The molecule has 1 aliphatic heterocycles. The molecule has 1 aromatic carbocycles. The van der Waals surface area contributed by atoms with Crippen molar-refractivity contribution in [3.8, 4) is 0 Å². The first-order valence-corrected chi connectivity index (χ1v) is 5.59. The fraction of sp³-hybridized carbons (Fsp3) is 0.417. The summed E-state index contributed by atoms with van der Waals surface area (Å²) in [5.41, 5.74) is 5.55. The Bertz CT molecular complexity index is 459. The lowest BCUT2D eigenvalue weighted by molar-refractivity contribution is -0.137. The Hall–Kier alpha value is -1.56. The lowest BCUT2D eigenvalue weighted by atomic mass is 10.1. The molecular formula is C12H13F3N2O. The maximum absolute atomic E-state index is 12.6. The zero-order valence-electron chi connectivity index (χ0n) is 9.57. The van der Waals surface area contributed by atoms with Gasteiger partial charge >= 0.3 is 6.18 Å². The molecule has 1 atom stereocenters. The maximum atomic E-state index is 12.6. The molecule has 0 amide bonds. The Morgan fingerprint density at radius 2 is 2.11 bits per heavy atom. The zero-order valence-corrected chi connectivity index (χ0v) is 9.57. The van der Waals surface area contributed by atoms with Crippen molar-refractivity contribution in [1.29, 1.82) is 0 Å². The molecule has 0 saturated carbocycles. The average Bonchev–Trinajstić information content (AvgIpc) is 2.73. The van der Waals surface area contributed by atoms with Crippen molar-refractivity contribution in [1.82, 2.24) is 0 Å². The standard InChI is InChI=1S/C12H13F3N2O/c13-12(14,15)9-2-1-8(7-18)11(5-9)17-4-3-10(16)6-17/h1-2,5,7,10H,3-4,6,16H2/t10-/m1/s1. The summed E-state index contributed by atoms with van der Waals surface area (Å²) in [6, 6.07) is 3.08. The zero-order chi connectivity index (χ0) is 13.3. The number of anilines is 1. The first-order chi connectivity index (χ1) is 8.41. The van der Waals surface area contributed by atoms with Gasteiger partial charge in [-0.3, -0.25) is 4.79 Å². The highest BCUT2D eigenvalue weighted by atomic mass is 19.4. The van der Waals surface area contributed by atoms with E-state index in [4.69, 9.17) is 5.73 Å². The van der Waals surface area contributed by atoms with Crippen molar-refractivity contribution in [3.05, 3.63) is 29.3 Å².